The van der Waals surface area contributed by atoms with Gasteiger partial charge in [0.15, 0.2) is 0 Å². The molecule has 0 fully saturated rings. The van der Waals surface area contributed by atoms with Crippen molar-refractivity contribution in [2.24, 2.45) is 10.9 Å². The SMILES string of the molecule is C/C=C\C(=C/C1=CSc2ccccc2C(c2ccccn2)=N1)C(=O)NCCC(C)C.CC. The zero-order valence-corrected chi connectivity index (χ0v) is 20.4. The molecule has 168 valence electrons. The molecule has 0 saturated carbocycles. The van der Waals surface area contributed by atoms with E-state index in [1.165, 1.54) is 0 Å². The lowest BCUT2D eigenvalue weighted by Crippen LogP contribution is -2.26. The lowest BCUT2D eigenvalue weighted by Gasteiger charge is -2.09. The molecule has 0 aliphatic carbocycles. The molecule has 0 spiro atoms. The van der Waals surface area contributed by atoms with Gasteiger partial charge in [-0.1, -0.05) is 75.9 Å². The molecule has 1 aromatic heterocycles. The Labute approximate surface area is 196 Å². The number of nitrogens with one attached hydrogen (secondary N) is 1. The molecule has 0 atom stereocenters. The Morgan fingerprint density at radius 2 is 1.88 bits per heavy atom. The number of thioether (sulfide) groups is 1. The Balaban J connectivity index is 0.00000176. The van der Waals surface area contributed by atoms with Crippen LogP contribution in [0.4, 0.5) is 0 Å². The Hall–Kier alpha value is -2.92. The molecule has 1 aliphatic heterocycles. The molecule has 0 unspecified atom stereocenters. The van der Waals surface area contributed by atoms with E-state index in [1.54, 1.807) is 18.0 Å². The van der Waals surface area contributed by atoms with Crippen LogP contribution < -0.4 is 5.32 Å². The number of pyridine rings is 1. The second-order valence-electron chi connectivity index (χ2n) is 7.37. The zero-order valence-electron chi connectivity index (χ0n) is 19.6. The lowest BCUT2D eigenvalue weighted by atomic mass is 10.1. The third-order valence-electron chi connectivity index (χ3n) is 4.52. The van der Waals surface area contributed by atoms with Crippen LogP contribution in [0, 0.1) is 5.92 Å². The predicted molar refractivity (Wildman–Crippen MR) is 137 cm³/mol. The van der Waals surface area contributed by atoms with E-state index in [1.807, 2.05) is 74.7 Å². The zero-order chi connectivity index (χ0) is 23.3. The van der Waals surface area contributed by atoms with E-state index in [0.29, 0.717) is 18.0 Å². The van der Waals surface area contributed by atoms with Gasteiger partial charge >= 0.3 is 0 Å². The minimum Gasteiger partial charge on any atom is -0.352 e. The smallest absolute Gasteiger partial charge is 0.251 e. The molecule has 1 aliphatic rings. The number of benzene rings is 1. The van der Waals surface area contributed by atoms with Gasteiger partial charge < -0.3 is 5.32 Å². The summed E-state index contributed by atoms with van der Waals surface area (Å²) in [6.07, 6.45) is 8.25. The standard InChI is InChI=1S/C25H27N3OS.C2H6/c1-4-9-19(25(29)27-15-13-18(2)3)16-20-17-30-23-12-6-5-10-21(23)24(28-20)22-11-7-8-14-26-22;1-2/h4-12,14,16-18H,13,15H2,1-3H3,(H,27,29);1-2H3/b9-4-,19-16+;. The van der Waals surface area contributed by atoms with Gasteiger partial charge in [0.2, 0.25) is 0 Å². The maximum absolute atomic E-state index is 12.7. The van der Waals surface area contributed by atoms with Gasteiger partial charge in [0.05, 0.1) is 17.1 Å². The Morgan fingerprint density at radius 1 is 1.12 bits per heavy atom. The van der Waals surface area contributed by atoms with Gasteiger partial charge in [0.25, 0.3) is 5.91 Å². The summed E-state index contributed by atoms with van der Waals surface area (Å²) >= 11 is 1.60. The minimum atomic E-state index is -0.0870. The van der Waals surface area contributed by atoms with Crippen LogP contribution in [-0.2, 0) is 4.79 Å². The molecule has 5 heteroatoms. The van der Waals surface area contributed by atoms with E-state index < -0.39 is 0 Å². The average molecular weight is 448 g/mol. The second-order valence-corrected chi connectivity index (χ2v) is 8.28. The first-order valence-corrected chi connectivity index (χ1v) is 12.1. The fraction of sp³-hybridized carbons (Fsp3) is 0.296. The fourth-order valence-corrected chi connectivity index (χ4v) is 3.79. The van der Waals surface area contributed by atoms with Crippen LogP contribution in [-0.4, -0.2) is 23.1 Å². The van der Waals surface area contributed by atoms with E-state index in [4.69, 9.17) is 4.99 Å². The maximum atomic E-state index is 12.7. The van der Waals surface area contributed by atoms with Crippen molar-refractivity contribution in [3.8, 4) is 0 Å². The summed E-state index contributed by atoms with van der Waals surface area (Å²) < 4.78 is 0. The number of amides is 1. The monoisotopic (exact) mass is 447 g/mol. The highest BCUT2D eigenvalue weighted by Crippen LogP contribution is 2.31. The van der Waals surface area contributed by atoms with Crippen molar-refractivity contribution in [3.63, 3.8) is 0 Å². The summed E-state index contributed by atoms with van der Waals surface area (Å²) in [5.41, 5.74) is 3.96. The van der Waals surface area contributed by atoms with E-state index in [2.05, 4.69) is 36.3 Å². The number of hydrogen-bond donors (Lipinski definition) is 1. The summed E-state index contributed by atoms with van der Waals surface area (Å²) in [7, 11) is 0. The van der Waals surface area contributed by atoms with Crippen molar-refractivity contribution in [2.75, 3.05) is 6.54 Å². The van der Waals surface area contributed by atoms with Gasteiger partial charge in [0, 0.05) is 34.2 Å². The maximum Gasteiger partial charge on any atom is 0.251 e. The second kappa shape index (κ2) is 13.5. The molecule has 32 heavy (non-hydrogen) atoms. The molecule has 1 aromatic carbocycles. The molecule has 1 amide bonds. The van der Waals surface area contributed by atoms with Crippen LogP contribution in [0.1, 0.15) is 52.3 Å². The summed E-state index contributed by atoms with van der Waals surface area (Å²) in [5, 5.41) is 5.00. The first-order valence-electron chi connectivity index (χ1n) is 11.2. The lowest BCUT2D eigenvalue weighted by molar-refractivity contribution is -0.117. The molecule has 4 nitrogen and oxygen atoms in total. The van der Waals surface area contributed by atoms with Crippen LogP contribution in [0.25, 0.3) is 0 Å². The number of allylic oxidation sites excluding steroid dienone is 2. The van der Waals surface area contributed by atoms with E-state index in [9.17, 15) is 4.79 Å². The third kappa shape index (κ3) is 7.34. The van der Waals surface area contributed by atoms with Crippen molar-refractivity contribution >= 4 is 23.4 Å². The van der Waals surface area contributed by atoms with Crippen LogP contribution in [0.3, 0.4) is 0 Å². The number of hydrogen-bond acceptors (Lipinski definition) is 4. The minimum absolute atomic E-state index is 0.0870. The predicted octanol–water partition coefficient (Wildman–Crippen LogP) is 6.56. The molecule has 0 radical (unpaired) electrons. The van der Waals surface area contributed by atoms with Crippen LogP contribution in [0.5, 0.6) is 0 Å². The molecule has 0 saturated heterocycles. The van der Waals surface area contributed by atoms with Crippen molar-refractivity contribution in [1.29, 1.82) is 0 Å². The van der Waals surface area contributed by atoms with Crippen LogP contribution in [0.2, 0.25) is 0 Å². The number of fused-ring (bicyclic) bond motifs is 1. The average Bonchev–Trinajstić information content (AvgIpc) is 3.00. The van der Waals surface area contributed by atoms with E-state index in [0.717, 1.165) is 34.0 Å². The highest BCUT2D eigenvalue weighted by molar-refractivity contribution is 8.02. The Bertz CT molecular complexity index is 1000. The number of nitrogens with zero attached hydrogens (tertiary/aromatic N) is 2. The number of aromatic nitrogens is 1. The Kier molecular flexibility index (Phi) is 10.7. The number of carbonyl (C=O) groups is 1. The van der Waals surface area contributed by atoms with Crippen molar-refractivity contribution in [1.82, 2.24) is 10.3 Å². The van der Waals surface area contributed by atoms with E-state index >= 15 is 0 Å². The van der Waals surface area contributed by atoms with E-state index in [-0.39, 0.29) is 5.91 Å². The molecule has 2 heterocycles. The van der Waals surface area contributed by atoms with Gasteiger partial charge in [-0.15, -0.1) is 0 Å². The van der Waals surface area contributed by atoms with Gasteiger partial charge in [0.1, 0.15) is 0 Å². The fourth-order valence-electron chi connectivity index (χ4n) is 2.97. The van der Waals surface area contributed by atoms with Crippen LogP contribution in [0.15, 0.2) is 93.5 Å². The highest BCUT2D eigenvalue weighted by Gasteiger charge is 2.17. The van der Waals surface area contributed by atoms with Gasteiger partial charge in [-0.05, 0) is 43.5 Å². The molecule has 1 N–H and O–H groups in total. The van der Waals surface area contributed by atoms with Crippen molar-refractivity contribution in [3.05, 3.63) is 94.8 Å². The van der Waals surface area contributed by atoms with Gasteiger partial charge in [-0.2, -0.15) is 0 Å². The molecule has 2 aromatic rings. The molecule has 0 bridgehead atoms. The van der Waals surface area contributed by atoms with Gasteiger partial charge in [-0.3, -0.25) is 9.78 Å². The quantitative estimate of drug-likeness (QED) is 0.386. The summed E-state index contributed by atoms with van der Waals surface area (Å²) in [5.74, 6) is 0.459. The summed E-state index contributed by atoms with van der Waals surface area (Å²) in [4.78, 5) is 23.2. The molecular formula is C27H33N3OS. The molecular weight excluding hydrogens is 414 g/mol. The highest BCUT2D eigenvalue weighted by atomic mass is 32.2. The van der Waals surface area contributed by atoms with Crippen LogP contribution >= 0.6 is 11.8 Å². The Morgan fingerprint density at radius 3 is 2.56 bits per heavy atom. The number of rotatable bonds is 7. The topological polar surface area (TPSA) is 54.4 Å². The third-order valence-corrected chi connectivity index (χ3v) is 5.49. The molecule has 3 rings (SSSR count). The van der Waals surface area contributed by atoms with Crippen molar-refractivity contribution in [2.45, 2.75) is 45.9 Å². The first kappa shape index (κ1) is 25.3. The normalized spacial score (nSPS) is 13.5. The summed E-state index contributed by atoms with van der Waals surface area (Å²) in [6, 6.07) is 14.0. The first-order chi connectivity index (χ1) is 15.6. The summed E-state index contributed by atoms with van der Waals surface area (Å²) in [6.45, 7) is 10.9. The van der Waals surface area contributed by atoms with Crippen molar-refractivity contribution < 1.29 is 4.79 Å². The van der Waals surface area contributed by atoms with Gasteiger partial charge in [-0.25, -0.2) is 4.99 Å². The number of aliphatic imine (C=N–C) groups is 1. The number of carbonyl (C=O) groups excluding carboxylic acids is 1. The largest absolute Gasteiger partial charge is 0.352 e.